The van der Waals surface area contributed by atoms with Crippen molar-refractivity contribution >= 4 is 23.1 Å². The fraction of sp³-hybridized carbons (Fsp3) is 0.353. The van der Waals surface area contributed by atoms with Gasteiger partial charge < -0.3 is 9.30 Å². The molecule has 1 aliphatic rings. The van der Waals surface area contributed by atoms with E-state index in [1.165, 1.54) is 12.8 Å². The molecule has 0 spiro atoms. The van der Waals surface area contributed by atoms with E-state index in [-0.39, 0.29) is 0 Å². The van der Waals surface area contributed by atoms with Crippen molar-refractivity contribution < 1.29 is 4.74 Å². The molecule has 0 atom stereocenters. The van der Waals surface area contributed by atoms with E-state index in [1.807, 2.05) is 24.3 Å². The lowest BCUT2D eigenvalue weighted by atomic mass is 10.2. The van der Waals surface area contributed by atoms with Gasteiger partial charge in [0.15, 0.2) is 5.16 Å². The van der Waals surface area contributed by atoms with Gasteiger partial charge in [0.25, 0.3) is 0 Å². The van der Waals surface area contributed by atoms with Crippen LogP contribution in [-0.4, -0.2) is 26.9 Å². The Labute approximate surface area is 149 Å². The quantitative estimate of drug-likeness (QED) is 0.621. The smallest absolute Gasteiger partial charge is 0.191 e. The molecule has 0 N–H and O–H groups in total. The fourth-order valence-electron chi connectivity index (χ4n) is 2.53. The summed E-state index contributed by atoms with van der Waals surface area (Å²) in [6.07, 6.45) is 2.49. The molecule has 2 aromatic heterocycles. The topological polar surface area (TPSA) is 52.8 Å². The first-order valence-corrected chi connectivity index (χ1v) is 9.72. The first-order chi connectivity index (χ1) is 11.7. The molecule has 1 aromatic carbocycles. The minimum Gasteiger partial charge on any atom is -0.497 e. The molecular formula is C17H18N4OS2. The third-order valence-electron chi connectivity index (χ3n) is 4.05. The first-order valence-electron chi connectivity index (χ1n) is 7.85. The van der Waals surface area contributed by atoms with Crippen molar-refractivity contribution in [3.05, 3.63) is 41.2 Å². The highest BCUT2D eigenvalue weighted by Gasteiger charge is 2.29. The Hall–Kier alpha value is -1.86. The van der Waals surface area contributed by atoms with Gasteiger partial charge >= 0.3 is 0 Å². The Kier molecular flexibility index (Phi) is 4.28. The van der Waals surface area contributed by atoms with E-state index in [0.29, 0.717) is 5.92 Å². The van der Waals surface area contributed by atoms with Crippen LogP contribution in [0.4, 0.5) is 0 Å². The molecular weight excluding hydrogens is 340 g/mol. The average molecular weight is 358 g/mol. The highest BCUT2D eigenvalue weighted by molar-refractivity contribution is 7.98. The predicted octanol–water partition coefficient (Wildman–Crippen LogP) is 4.12. The Balaban J connectivity index is 1.43. The monoisotopic (exact) mass is 358 g/mol. The van der Waals surface area contributed by atoms with Crippen LogP contribution >= 0.6 is 23.1 Å². The molecule has 1 fully saturated rings. The molecule has 5 nitrogen and oxygen atoms in total. The van der Waals surface area contributed by atoms with Gasteiger partial charge in [0, 0.05) is 29.7 Å². The maximum atomic E-state index is 5.20. The van der Waals surface area contributed by atoms with Gasteiger partial charge in [0.1, 0.15) is 16.6 Å². The standard InChI is InChI=1S/C17H18N4OS2/c1-21-15(11-3-4-11)19-20-17(21)24-10-13-9-23-16(18-13)12-5-7-14(22-2)8-6-12/h5-9,11H,3-4,10H2,1-2H3. The van der Waals surface area contributed by atoms with Crippen LogP contribution in [0.1, 0.15) is 30.3 Å². The van der Waals surface area contributed by atoms with Crippen LogP contribution in [0.5, 0.6) is 5.75 Å². The maximum Gasteiger partial charge on any atom is 0.191 e. The number of nitrogens with zero attached hydrogens (tertiary/aromatic N) is 4. The first kappa shape index (κ1) is 15.7. The van der Waals surface area contributed by atoms with Gasteiger partial charge in [0.05, 0.1) is 12.8 Å². The van der Waals surface area contributed by atoms with Crippen LogP contribution in [0.15, 0.2) is 34.8 Å². The van der Waals surface area contributed by atoms with Crippen molar-refractivity contribution in [3.8, 4) is 16.3 Å². The van der Waals surface area contributed by atoms with Gasteiger partial charge in [-0.1, -0.05) is 11.8 Å². The van der Waals surface area contributed by atoms with Crippen LogP contribution in [0, 0.1) is 0 Å². The van der Waals surface area contributed by atoms with Gasteiger partial charge in [-0.3, -0.25) is 0 Å². The normalized spacial score (nSPS) is 14.1. The molecule has 0 amide bonds. The molecule has 0 unspecified atom stereocenters. The second-order valence-corrected chi connectivity index (χ2v) is 7.64. The van der Waals surface area contributed by atoms with Gasteiger partial charge in [-0.25, -0.2) is 4.98 Å². The molecule has 0 radical (unpaired) electrons. The van der Waals surface area contributed by atoms with E-state index >= 15 is 0 Å². The molecule has 1 aliphatic carbocycles. The number of ether oxygens (including phenoxy) is 1. The number of methoxy groups -OCH3 is 1. The number of hydrogen-bond donors (Lipinski definition) is 0. The van der Waals surface area contributed by atoms with Crippen molar-refractivity contribution in [2.45, 2.75) is 29.7 Å². The van der Waals surface area contributed by atoms with Crippen LogP contribution in [0.3, 0.4) is 0 Å². The lowest BCUT2D eigenvalue weighted by molar-refractivity contribution is 0.415. The number of rotatable bonds is 6. The summed E-state index contributed by atoms with van der Waals surface area (Å²) in [6, 6.07) is 8.01. The van der Waals surface area contributed by atoms with E-state index in [0.717, 1.165) is 38.7 Å². The summed E-state index contributed by atoms with van der Waals surface area (Å²) in [5, 5.41) is 12.8. The predicted molar refractivity (Wildman–Crippen MR) is 96.6 cm³/mol. The second kappa shape index (κ2) is 6.57. The van der Waals surface area contributed by atoms with Crippen LogP contribution in [0.2, 0.25) is 0 Å². The van der Waals surface area contributed by atoms with Crippen molar-refractivity contribution in [2.75, 3.05) is 7.11 Å². The molecule has 4 rings (SSSR count). The molecule has 24 heavy (non-hydrogen) atoms. The summed E-state index contributed by atoms with van der Waals surface area (Å²) >= 11 is 3.36. The second-order valence-electron chi connectivity index (χ2n) is 5.84. The highest BCUT2D eigenvalue weighted by atomic mass is 32.2. The molecule has 7 heteroatoms. The Morgan fingerprint density at radius 1 is 1.25 bits per heavy atom. The average Bonchev–Trinajstić information content (AvgIpc) is 3.23. The Bertz CT molecular complexity index is 837. The zero-order valence-electron chi connectivity index (χ0n) is 13.6. The van der Waals surface area contributed by atoms with Gasteiger partial charge in [-0.2, -0.15) is 0 Å². The Morgan fingerprint density at radius 2 is 2.04 bits per heavy atom. The van der Waals surface area contributed by atoms with E-state index in [1.54, 1.807) is 30.2 Å². The summed E-state index contributed by atoms with van der Waals surface area (Å²) in [5.41, 5.74) is 2.19. The molecule has 1 saturated carbocycles. The van der Waals surface area contributed by atoms with E-state index < -0.39 is 0 Å². The minimum atomic E-state index is 0.623. The highest BCUT2D eigenvalue weighted by Crippen LogP contribution is 2.39. The molecule has 3 aromatic rings. The summed E-state index contributed by atoms with van der Waals surface area (Å²) in [6.45, 7) is 0. The van der Waals surface area contributed by atoms with Crippen molar-refractivity contribution in [2.24, 2.45) is 7.05 Å². The summed E-state index contributed by atoms with van der Waals surface area (Å²) in [7, 11) is 3.73. The summed E-state index contributed by atoms with van der Waals surface area (Å²) < 4.78 is 7.32. The zero-order chi connectivity index (χ0) is 16.5. The third kappa shape index (κ3) is 3.18. The fourth-order valence-corrected chi connectivity index (χ4v) is 4.27. The molecule has 2 heterocycles. The van der Waals surface area contributed by atoms with Gasteiger partial charge in [0.2, 0.25) is 0 Å². The van der Waals surface area contributed by atoms with Crippen LogP contribution < -0.4 is 4.74 Å². The number of hydrogen-bond acceptors (Lipinski definition) is 6. The van der Waals surface area contributed by atoms with Gasteiger partial charge in [-0.05, 0) is 37.1 Å². The number of thiazole rings is 1. The maximum absolute atomic E-state index is 5.20. The largest absolute Gasteiger partial charge is 0.497 e. The van der Waals surface area contributed by atoms with Crippen molar-refractivity contribution in [3.63, 3.8) is 0 Å². The van der Waals surface area contributed by atoms with E-state index in [4.69, 9.17) is 9.72 Å². The number of aromatic nitrogens is 4. The third-order valence-corrected chi connectivity index (χ3v) is 6.04. The Morgan fingerprint density at radius 3 is 2.75 bits per heavy atom. The summed E-state index contributed by atoms with van der Waals surface area (Å²) in [4.78, 5) is 4.73. The lowest BCUT2D eigenvalue weighted by Gasteiger charge is -2.01. The number of thioether (sulfide) groups is 1. The van der Waals surface area contributed by atoms with Crippen molar-refractivity contribution in [1.82, 2.24) is 19.7 Å². The van der Waals surface area contributed by atoms with Crippen molar-refractivity contribution in [1.29, 1.82) is 0 Å². The SMILES string of the molecule is COc1ccc(-c2nc(CSc3nnc(C4CC4)n3C)cs2)cc1. The molecule has 124 valence electrons. The zero-order valence-corrected chi connectivity index (χ0v) is 15.2. The molecule has 0 bridgehead atoms. The molecule has 0 aliphatic heterocycles. The lowest BCUT2D eigenvalue weighted by Crippen LogP contribution is -1.97. The van der Waals surface area contributed by atoms with Crippen LogP contribution in [0.25, 0.3) is 10.6 Å². The van der Waals surface area contributed by atoms with Gasteiger partial charge in [-0.15, -0.1) is 21.5 Å². The van der Waals surface area contributed by atoms with Crippen LogP contribution in [-0.2, 0) is 12.8 Å². The summed E-state index contributed by atoms with van der Waals surface area (Å²) in [5.74, 6) is 3.41. The van der Waals surface area contributed by atoms with E-state index in [2.05, 4.69) is 27.2 Å². The molecule has 0 saturated heterocycles. The minimum absolute atomic E-state index is 0.623. The number of benzene rings is 1. The van der Waals surface area contributed by atoms with E-state index in [9.17, 15) is 0 Å².